The fourth-order valence-electron chi connectivity index (χ4n) is 0.475. The van der Waals surface area contributed by atoms with Gasteiger partial charge in [-0.3, -0.25) is 0 Å². The summed E-state index contributed by atoms with van der Waals surface area (Å²) >= 11 is 0. The highest BCUT2D eigenvalue weighted by atomic mass is 15.2. The van der Waals surface area contributed by atoms with Crippen molar-refractivity contribution in [3.8, 4) is 0 Å². The van der Waals surface area contributed by atoms with Crippen molar-refractivity contribution in [3.63, 3.8) is 0 Å². The summed E-state index contributed by atoms with van der Waals surface area (Å²) in [6.07, 6.45) is 1.30. The Morgan fingerprint density at radius 1 is 1.70 bits per heavy atom. The molecule has 0 unspecified atom stereocenters. The molecule has 0 spiro atoms. The number of nitrogens with zero attached hydrogens (tertiary/aromatic N) is 6. The van der Waals surface area contributed by atoms with Crippen LogP contribution in [0.2, 0.25) is 0 Å². The molecule has 0 amide bonds. The molecule has 1 heterocycles. The summed E-state index contributed by atoms with van der Waals surface area (Å²) in [4.78, 5) is 6.31. The largest absolute Gasteiger partial charge is 0.228 e. The van der Waals surface area contributed by atoms with E-state index in [2.05, 4.69) is 25.2 Å². The van der Waals surface area contributed by atoms with E-state index >= 15 is 0 Å². The standard InChI is InChI=1S/C4H4N6/c1-3-7-4(9-10-5)2-6-8-3/h2H,1H3. The summed E-state index contributed by atoms with van der Waals surface area (Å²) in [5, 5.41) is 10.3. The third-order valence-corrected chi connectivity index (χ3v) is 0.799. The molecule has 0 atom stereocenters. The highest BCUT2D eigenvalue weighted by Gasteiger charge is 1.89. The van der Waals surface area contributed by atoms with Crippen LogP contribution in [0.15, 0.2) is 11.3 Å². The van der Waals surface area contributed by atoms with Gasteiger partial charge in [-0.05, 0) is 17.6 Å². The van der Waals surface area contributed by atoms with E-state index in [0.717, 1.165) is 0 Å². The van der Waals surface area contributed by atoms with Crippen LogP contribution in [0.5, 0.6) is 0 Å². The van der Waals surface area contributed by atoms with E-state index in [1.807, 2.05) is 0 Å². The highest BCUT2D eigenvalue weighted by Crippen LogP contribution is 2.02. The van der Waals surface area contributed by atoms with Crippen molar-refractivity contribution in [1.29, 1.82) is 0 Å². The Bertz CT molecular complexity index is 275. The van der Waals surface area contributed by atoms with Crippen molar-refractivity contribution in [1.82, 2.24) is 15.2 Å². The average Bonchev–Trinajstić information content (AvgIpc) is 1.88. The van der Waals surface area contributed by atoms with Crippen molar-refractivity contribution in [2.75, 3.05) is 0 Å². The maximum absolute atomic E-state index is 7.98. The zero-order valence-corrected chi connectivity index (χ0v) is 5.26. The molecule has 0 aliphatic carbocycles. The van der Waals surface area contributed by atoms with Gasteiger partial charge in [0.2, 0.25) is 0 Å². The van der Waals surface area contributed by atoms with Crippen LogP contribution in [0, 0.1) is 6.92 Å². The lowest BCUT2D eigenvalue weighted by atomic mass is 10.7. The molecule has 0 aromatic carbocycles. The minimum absolute atomic E-state index is 0.245. The molecular formula is C4H4N6. The molecule has 0 radical (unpaired) electrons. The third-order valence-electron chi connectivity index (χ3n) is 0.799. The van der Waals surface area contributed by atoms with Gasteiger partial charge < -0.3 is 0 Å². The number of aryl methyl sites for hydroxylation is 1. The van der Waals surface area contributed by atoms with Crippen LogP contribution in [-0.2, 0) is 0 Å². The van der Waals surface area contributed by atoms with Crippen molar-refractivity contribution in [3.05, 3.63) is 22.5 Å². The normalized spacial score (nSPS) is 8.50. The molecule has 0 saturated heterocycles. The van der Waals surface area contributed by atoms with Gasteiger partial charge in [0.25, 0.3) is 0 Å². The van der Waals surface area contributed by atoms with Gasteiger partial charge in [-0.2, -0.15) is 5.10 Å². The Labute approximate surface area is 56.6 Å². The van der Waals surface area contributed by atoms with E-state index < -0.39 is 0 Å². The van der Waals surface area contributed by atoms with E-state index in [-0.39, 0.29) is 5.82 Å². The molecular weight excluding hydrogens is 132 g/mol. The molecule has 10 heavy (non-hydrogen) atoms. The van der Waals surface area contributed by atoms with Gasteiger partial charge in [0.05, 0.1) is 6.20 Å². The summed E-state index contributed by atoms with van der Waals surface area (Å²) in [6, 6.07) is 0. The van der Waals surface area contributed by atoms with Crippen LogP contribution in [0.4, 0.5) is 5.82 Å². The SMILES string of the molecule is Cc1nncc(N=[N+]=[N-])n1. The Morgan fingerprint density at radius 2 is 2.50 bits per heavy atom. The second-order valence-corrected chi connectivity index (χ2v) is 1.55. The fourth-order valence-corrected chi connectivity index (χ4v) is 0.475. The lowest BCUT2D eigenvalue weighted by Crippen LogP contribution is -1.88. The van der Waals surface area contributed by atoms with Crippen LogP contribution < -0.4 is 0 Å². The summed E-state index contributed by atoms with van der Waals surface area (Å²) in [7, 11) is 0. The predicted octanol–water partition coefficient (Wildman–Crippen LogP) is 1.12. The van der Waals surface area contributed by atoms with Crippen LogP contribution in [0.25, 0.3) is 10.4 Å². The number of hydrogen-bond acceptors (Lipinski definition) is 4. The zero-order valence-electron chi connectivity index (χ0n) is 5.26. The summed E-state index contributed by atoms with van der Waals surface area (Å²) in [5.74, 6) is 0.736. The molecule has 0 bridgehead atoms. The summed E-state index contributed by atoms with van der Waals surface area (Å²) in [5.41, 5.74) is 7.98. The number of rotatable bonds is 1. The lowest BCUT2D eigenvalue weighted by molar-refractivity contribution is 0.905. The first-order chi connectivity index (χ1) is 4.83. The first-order valence-electron chi connectivity index (χ1n) is 2.54. The van der Waals surface area contributed by atoms with Crippen LogP contribution in [0.3, 0.4) is 0 Å². The van der Waals surface area contributed by atoms with Gasteiger partial charge in [-0.25, -0.2) is 4.98 Å². The molecule has 0 N–H and O–H groups in total. The lowest BCUT2D eigenvalue weighted by Gasteiger charge is -1.88. The minimum Gasteiger partial charge on any atom is -0.228 e. The molecule has 50 valence electrons. The topological polar surface area (TPSA) is 87.4 Å². The fraction of sp³-hybridized carbons (Fsp3) is 0.250. The molecule has 1 aromatic heterocycles. The summed E-state index contributed by atoms with van der Waals surface area (Å²) in [6.45, 7) is 1.67. The van der Waals surface area contributed by atoms with Crippen molar-refractivity contribution in [2.45, 2.75) is 6.92 Å². The molecule has 1 rings (SSSR count). The zero-order chi connectivity index (χ0) is 7.40. The van der Waals surface area contributed by atoms with Crippen LogP contribution in [0.1, 0.15) is 5.82 Å². The van der Waals surface area contributed by atoms with E-state index in [1.165, 1.54) is 6.20 Å². The number of hydrogen-bond donors (Lipinski definition) is 0. The van der Waals surface area contributed by atoms with E-state index in [0.29, 0.717) is 5.82 Å². The molecule has 0 fully saturated rings. The molecule has 6 nitrogen and oxygen atoms in total. The van der Waals surface area contributed by atoms with E-state index in [1.54, 1.807) is 6.92 Å². The number of azide groups is 1. The smallest absolute Gasteiger partial charge is 0.149 e. The molecule has 0 aliphatic heterocycles. The van der Waals surface area contributed by atoms with Crippen LogP contribution >= 0.6 is 0 Å². The van der Waals surface area contributed by atoms with Gasteiger partial charge in [0.15, 0.2) is 0 Å². The average molecular weight is 136 g/mol. The first kappa shape index (κ1) is 6.44. The Morgan fingerprint density at radius 3 is 3.10 bits per heavy atom. The molecule has 0 aliphatic rings. The molecule has 6 heteroatoms. The van der Waals surface area contributed by atoms with E-state index in [9.17, 15) is 0 Å². The Hall–Kier alpha value is -1.68. The number of aromatic nitrogens is 3. The Balaban J connectivity index is 3.06. The third kappa shape index (κ3) is 1.40. The second-order valence-electron chi connectivity index (χ2n) is 1.55. The van der Waals surface area contributed by atoms with Crippen LogP contribution in [-0.4, -0.2) is 15.2 Å². The van der Waals surface area contributed by atoms with Gasteiger partial charge in [0.1, 0.15) is 11.6 Å². The maximum atomic E-state index is 7.98. The maximum Gasteiger partial charge on any atom is 0.149 e. The Kier molecular flexibility index (Phi) is 1.77. The van der Waals surface area contributed by atoms with Gasteiger partial charge >= 0.3 is 0 Å². The minimum atomic E-state index is 0.245. The first-order valence-corrected chi connectivity index (χ1v) is 2.54. The quantitative estimate of drug-likeness (QED) is 0.329. The molecule has 1 aromatic rings. The van der Waals surface area contributed by atoms with Gasteiger partial charge in [-0.1, -0.05) is 0 Å². The highest BCUT2D eigenvalue weighted by molar-refractivity contribution is 5.20. The second kappa shape index (κ2) is 2.75. The van der Waals surface area contributed by atoms with Gasteiger partial charge in [-0.15, -0.1) is 5.10 Å². The van der Waals surface area contributed by atoms with Crippen molar-refractivity contribution < 1.29 is 0 Å². The predicted molar refractivity (Wildman–Crippen MR) is 33.4 cm³/mol. The monoisotopic (exact) mass is 136 g/mol. The van der Waals surface area contributed by atoms with E-state index in [4.69, 9.17) is 5.53 Å². The van der Waals surface area contributed by atoms with Crippen molar-refractivity contribution in [2.24, 2.45) is 5.11 Å². The molecule has 0 saturated carbocycles. The van der Waals surface area contributed by atoms with Crippen molar-refractivity contribution >= 4 is 5.82 Å². The van der Waals surface area contributed by atoms with Gasteiger partial charge in [0, 0.05) is 4.91 Å². The summed E-state index contributed by atoms with van der Waals surface area (Å²) < 4.78 is 0.